The summed E-state index contributed by atoms with van der Waals surface area (Å²) in [7, 11) is 0. The van der Waals surface area contributed by atoms with Crippen LogP contribution in [0, 0.1) is 0 Å². The molecule has 1 aliphatic heterocycles. The molecule has 0 radical (unpaired) electrons. The number of aliphatic hydroxyl groups excluding tert-OH is 2. The van der Waals surface area contributed by atoms with Crippen molar-refractivity contribution in [3.05, 3.63) is 0 Å². The lowest BCUT2D eigenvalue weighted by Gasteiger charge is -2.22. The quantitative estimate of drug-likeness (QED) is 0.0258. The van der Waals surface area contributed by atoms with Gasteiger partial charge in [-0.15, -0.1) is 0 Å². The van der Waals surface area contributed by atoms with Crippen LogP contribution < -0.4 is 0 Å². The molecule has 67 heavy (non-hydrogen) atoms. The van der Waals surface area contributed by atoms with Crippen molar-refractivity contribution in [3.8, 4) is 0 Å². The van der Waals surface area contributed by atoms with Crippen molar-refractivity contribution in [1.82, 2.24) is 9.80 Å². The summed E-state index contributed by atoms with van der Waals surface area (Å²) >= 11 is 0. The molecular weight excluding hydrogens is 853 g/mol. The first-order chi connectivity index (χ1) is 32.9. The average Bonchev–Trinajstić information content (AvgIpc) is 3.74. The van der Waals surface area contributed by atoms with Gasteiger partial charge in [0, 0.05) is 65.3 Å². The van der Waals surface area contributed by atoms with E-state index in [1.807, 2.05) is 4.90 Å². The Morgan fingerprint density at radius 2 is 0.955 bits per heavy atom. The maximum absolute atomic E-state index is 13.4. The zero-order valence-corrected chi connectivity index (χ0v) is 43.5. The number of carbonyl (C=O) groups excluding carboxylic acids is 3. The number of likely N-dealkylation sites (tertiary alicyclic amines) is 1. The van der Waals surface area contributed by atoms with Gasteiger partial charge >= 0.3 is 17.9 Å². The van der Waals surface area contributed by atoms with Gasteiger partial charge in [-0.3, -0.25) is 24.2 Å². The van der Waals surface area contributed by atoms with Crippen LogP contribution in [0.25, 0.3) is 0 Å². The molecule has 2 unspecified atom stereocenters. The van der Waals surface area contributed by atoms with Crippen LogP contribution in [-0.4, -0.2) is 142 Å². The number of unbranched alkanes of at least 4 members (excludes halogenated alkanes) is 22. The van der Waals surface area contributed by atoms with Crippen LogP contribution >= 0.6 is 0 Å². The molecule has 1 fully saturated rings. The molecule has 1 saturated heterocycles. The SMILES string of the molecule is CCCCCCCCCCCOC(=O)CCCCCN1CC(OCCCN(CCO)CCO)CC1C(=O)OCCCCCCCOC(=O)CCC(OCCCCCCC)OCCCCCCC. The highest BCUT2D eigenvalue weighted by Gasteiger charge is 2.38. The third-order valence-corrected chi connectivity index (χ3v) is 12.8. The monoisotopic (exact) mass is 957 g/mol. The fraction of sp³-hybridized carbons (Fsp3) is 0.944. The van der Waals surface area contributed by atoms with Crippen molar-refractivity contribution in [2.24, 2.45) is 0 Å². The molecule has 13 nitrogen and oxygen atoms in total. The van der Waals surface area contributed by atoms with Crippen LogP contribution in [0.15, 0.2) is 0 Å². The lowest BCUT2D eigenvalue weighted by molar-refractivity contribution is -0.159. The second-order valence-electron chi connectivity index (χ2n) is 18.9. The van der Waals surface area contributed by atoms with Crippen molar-refractivity contribution < 1.29 is 53.0 Å². The van der Waals surface area contributed by atoms with E-state index in [9.17, 15) is 24.6 Å². The average molecular weight is 957 g/mol. The van der Waals surface area contributed by atoms with E-state index >= 15 is 0 Å². The fourth-order valence-electron chi connectivity index (χ4n) is 8.62. The highest BCUT2D eigenvalue weighted by molar-refractivity contribution is 5.76. The molecule has 0 bridgehead atoms. The van der Waals surface area contributed by atoms with Gasteiger partial charge in [0.15, 0.2) is 6.29 Å². The molecule has 2 atom stereocenters. The first-order valence-corrected chi connectivity index (χ1v) is 27.9. The minimum Gasteiger partial charge on any atom is -0.466 e. The molecule has 0 aromatic heterocycles. The number of aliphatic hydroxyl groups is 2. The van der Waals surface area contributed by atoms with Gasteiger partial charge in [-0.05, 0) is 57.9 Å². The van der Waals surface area contributed by atoms with Crippen molar-refractivity contribution >= 4 is 17.9 Å². The molecule has 0 amide bonds. The second kappa shape index (κ2) is 47.8. The lowest BCUT2D eigenvalue weighted by Crippen LogP contribution is -2.38. The Bertz CT molecular complexity index is 1100. The van der Waals surface area contributed by atoms with E-state index in [0.29, 0.717) is 85.0 Å². The maximum Gasteiger partial charge on any atom is 0.323 e. The van der Waals surface area contributed by atoms with Crippen molar-refractivity contribution in [3.63, 3.8) is 0 Å². The van der Waals surface area contributed by atoms with Crippen LogP contribution in [0.4, 0.5) is 0 Å². The fourth-order valence-corrected chi connectivity index (χ4v) is 8.62. The zero-order chi connectivity index (χ0) is 48.7. The van der Waals surface area contributed by atoms with Gasteiger partial charge in [0.2, 0.25) is 0 Å². The highest BCUT2D eigenvalue weighted by Crippen LogP contribution is 2.23. The topological polar surface area (TPSA) is 154 Å². The Hall–Kier alpha value is -1.87. The van der Waals surface area contributed by atoms with Gasteiger partial charge in [0.25, 0.3) is 0 Å². The predicted molar refractivity (Wildman–Crippen MR) is 269 cm³/mol. The Kier molecular flexibility index (Phi) is 45.0. The Labute approximate surface area is 409 Å². The van der Waals surface area contributed by atoms with Gasteiger partial charge in [0.05, 0.1) is 45.6 Å². The van der Waals surface area contributed by atoms with Crippen LogP contribution in [0.2, 0.25) is 0 Å². The number of hydrogen-bond acceptors (Lipinski definition) is 13. The highest BCUT2D eigenvalue weighted by atomic mass is 16.7. The predicted octanol–water partition coefficient (Wildman–Crippen LogP) is 10.9. The first-order valence-electron chi connectivity index (χ1n) is 27.9. The second-order valence-corrected chi connectivity index (χ2v) is 18.9. The van der Waals surface area contributed by atoms with E-state index < -0.39 is 0 Å². The van der Waals surface area contributed by atoms with Gasteiger partial charge < -0.3 is 38.6 Å². The van der Waals surface area contributed by atoms with E-state index in [0.717, 1.165) is 109 Å². The van der Waals surface area contributed by atoms with E-state index in [1.165, 1.54) is 83.5 Å². The smallest absolute Gasteiger partial charge is 0.323 e. The normalized spacial score (nSPS) is 15.3. The first kappa shape index (κ1) is 63.1. The summed E-state index contributed by atoms with van der Waals surface area (Å²) in [5, 5.41) is 18.7. The Morgan fingerprint density at radius 1 is 0.507 bits per heavy atom. The van der Waals surface area contributed by atoms with Gasteiger partial charge in [-0.1, -0.05) is 149 Å². The lowest BCUT2D eigenvalue weighted by atomic mass is 10.1. The molecule has 0 aromatic carbocycles. The van der Waals surface area contributed by atoms with Crippen LogP contribution in [0.5, 0.6) is 0 Å². The molecule has 13 heteroatoms. The van der Waals surface area contributed by atoms with Crippen molar-refractivity contribution in [1.29, 1.82) is 0 Å². The largest absolute Gasteiger partial charge is 0.466 e. The Balaban J connectivity index is 2.38. The molecule has 396 valence electrons. The molecule has 1 aliphatic rings. The van der Waals surface area contributed by atoms with Crippen LogP contribution in [0.1, 0.15) is 226 Å². The summed E-state index contributed by atoms with van der Waals surface area (Å²) in [4.78, 5) is 42.5. The molecular formula is C54H104N2O11. The van der Waals surface area contributed by atoms with Gasteiger partial charge in [-0.2, -0.15) is 0 Å². The molecule has 1 rings (SSSR count). The van der Waals surface area contributed by atoms with E-state index in [-0.39, 0.29) is 49.6 Å². The van der Waals surface area contributed by atoms with Gasteiger partial charge in [0.1, 0.15) is 6.04 Å². The van der Waals surface area contributed by atoms with Crippen molar-refractivity contribution in [2.45, 2.75) is 245 Å². The zero-order valence-electron chi connectivity index (χ0n) is 43.5. The summed E-state index contributed by atoms with van der Waals surface area (Å²) in [5.74, 6) is -0.521. The third kappa shape index (κ3) is 38.6. The molecule has 0 spiro atoms. The Morgan fingerprint density at radius 3 is 1.46 bits per heavy atom. The minimum atomic E-state index is -0.360. The number of esters is 3. The van der Waals surface area contributed by atoms with Gasteiger partial charge in [-0.25, -0.2) is 0 Å². The number of nitrogens with zero attached hydrogens (tertiary/aromatic N) is 2. The molecule has 1 heterocycles. The van der Waals surface area contributed by atoms with E-state index in [1.54, 1.807) is 0 Å². The standard InChI is InChI=1S/C54H104N2O11/c1-4-7-10-13-14-15-16-20-26-41-63-51(59)32-24-23-25-36-56-48-49(62-46-31-35-55(37-39-57)38-40-58)47-50(56)54(61)67-45-30-22-17-21-27-42-64-52(60)33-34-53(65-43-28-18-11-8-5-2)66-44-29-19-12-9-6-3/h49-50,53,57-58H,4-48H2,1-3H3. The van der Waals surface area contributed by atoms with Crippen LogP contribution in [-0.2, 0) is 42.8 Å². The number of rotatable bonds is 51. The summed E-state index contributed by atoms with van der Waals surface area (Å²) in [6, 6.07) is -0.360. The molecule has 2 N–H and O–H groups in total. The third-order valence-electron chi connectivity index (χ3n) is 12.8. The summed E-state index contributed by atoms with van der Waals surface area (Å²) in [5.41, 5.74) is 0. The minimum absolute atomic E-state index is 0.0484. The number of hydrogen-bond donors (Lipinski definition) is 2. The van der Waals surface area contributed by atoms with Crippen LogP contribution in [0.3, 0.4) is 0 Å². The maximum atomic E-state index is 13.4. The van der Waals surface area contributed by atoms with Crippen molar-refractivity contribution in [2.75, 3.05) is 85.6 Å². The number of carbonyl (C=O) groups is 3. The molecule has 0 aromatic rings. The summed E-state index contributed by atoms with van der Waals surface area (Å²) in [6.07, 6.45) is 32.0. The molecule has 0 saturated carbocycles. The summed E-state index contributed by atoms with van der Waals surface area (Å²) < 4.78 is 35.2. The van der Waals surface area contributed by atoms with E-state index in [2.05, 4.69) is 25.7 Å². The van der Waals surface area contributed by atoms with E-state index in [4.69, 9.17) is 28.4 Å². The molecule has 0 aliphatic carbocycles. The summed E-state index contributed by atoms with van der Waals surface area (Å²) in [6.45, 7) is 13.1. The number of ether oxygens (including phenoxy) is 6.